The molecule has 3 fully saturated rings. The van der Waals surface area contributed by atoms with Crippen molar-refractivity contribution in [1.82, 2.24) is 4.90 Å². The highest BCUT2D eigenvalue weighted by Gasteiger charge is 2.67. The lowest BCUT2D eigenvalue weighted by atomic mass is 9.82. The molecule has 3 saturated heterocycles. The van der Waals surface area contributed by atoms with Crippen LogP contribution in [0.5, 0.6) is 0 Å². The number of fused-ring (bicyclic) bond motifs is 2. The number of halogens is 1. The number of anilines is 2. The summed E-state index contributed by atoms with van der Waals surface area (Å²) in [5.41, 5.74) is -0.355. The first-order chi connectivity index (χ1) is 21.9. The molecule has 0 aliphatic carbocycles. The van der Waals surface area contributed by atoms with E-state index in [9.17, 15) is 29.6 Å². The summed E-state index contributed by atoms with van der Waals surface area (Å²) in [5.74, 6) is -1.34. The van der Waals surface area contributed by atoms with Gasteiger partial charge >= 0.3 is 0 Å². The minimum Gasteiger partial charge on any atom is -0.394 e. The number of hydrogen-bond donors (Lipinski definition) is 1. The molecule has 1 spiro atoms. The molecular weight excluding hydrogens is 611 g/mol. The Morgan fingerprint density at radius 1 is 1.13 bits per heavy atom. The Labute approximate surface area is 268 Å². The van der Waals surface area contributed by atoms with Crippen molar-refractivity contribution >= 4 is 43.2 Å². The third-order valence-corrected chi connectivity index (χ3v) is 12.8. The SMILES string of the molecule is C[C@H]1[C@H]([Si](C)(C)F)[C@@H](CC(=O)N2CCC[C@H]2CO)O[C@]12C(=O)N(Cc1ccc(N3CCCCC3=O)cc1)c1ccc([N+](=O)[O-])cc12. The van der Waals surface area contributed by atoms with E-state index in [1.807, 2.05) is 24.3 Å². The van der Waals surface area contributed by atoms with Gasteiger partial charge in [-0.15, -0.1) is 0 Å². The highest BCUT2D eigenvalue weighted by molar-refractivity contribution is 6.72. The maximum Gasteiger partial charge on any atom is 0.269 e. The molecule has 3 amide bonds. The van der Waals surface area contributed by atoms with Gasteiger partial charge in [-0.25, -0.2) is 0 Å². The Morgan fingerprint density at radius 3 is 2.52 bits per heavy atom. The van der Waals surface area contributed by atoms with E-state index in [4.69, 9.17) is 4.74 Å². The van der Waals surface area contributed by atoms with Crippen LogP contribution in [-0.2, 0) is 31.3 Å². The van der Waals surface area contributed by atoms with E-state index in [0.29, 0.717) is 37.2 Å². The highest BCUT2D eigenvalue weighted by atomic mass is 28.4. The zero-order valence-corrected chi connectivity index (χ0v) is 27.5. The quantitative estimate of drug-likeness (QED) is 0.187. The maximum absolute atomic E-state index is 16.2. The molecule has 5 atom stereocenters. The van der Waals surface area contributed by atoms with Crippen molar-refractivity contribution in [2.24, 2.45) is 5.92 Å². The molecule has 0 aromatic heterocycles. The summed E-state index contributed by atoms with van der Waals surface area (Å²) in [6, 6.07) is 11.4. The molecule has 0 radical (unpaired) electrons. The lowest BCUT2D eigenvalue weighted by Gasteiger charge is -2.31. The summed E-state index contributed by atoms with van der Waals surface area (Å²) < 4.78 is 22.8. The summed E-state index contributed by atoms with van der Waals surface area (Å²) in [6.45, 7) is 5.96. The molecule has 4 aliphatic heterocycles. The van der Waals surface area contributed by atoms with E-state index in [1.54, 1.807) is 35.9 Å². The van der Waals surface area contributed by atoms with Gasteiger partial charge in [0.2, 0.25) is 20.2 Å². The Balaban J connectivity index is 1.35. The van der Waals surface area contributed by atoms with Gasteiger partial charge in [0.05, 0.1) is 42.3 Å². The van der Waals surface area contributed by atoms with Crippen molar-refractivity contribution in [3.63, 3.8) is 0 Å². The highest BCUT2D eigenvalue weighted by Crippen LogP contribution is 2.60. The summed E-state index contributed by atoms with van der Waals surface area (Å²) >= 11 is 0. The van der Waals surface area contributed by atoms with Crippen LogP contribution in [0.1, 0.15) is 56.6 Å². The van der Waals surface area contributed by atoms with Crippen molar-refractivity contribution in [1.29, 1.82) is 0 Å². The fourth-order valence-electron chi connectivity index (χ4n) is 8.19. The molecule has 13 heteroatoms. The molecule has 46 heavy (non-hydrogen) atoms. The van der Waals surface area contributed by atoms with Crippen LogP contribution >= 0.6 is 0 Å². The van der Waals surface area contributed by atoms with E-state index in [2.05, 4.69) is 0 Å². The number of nitro groups is 1. The predicted molar refractivity (Wildman–Crippen MR) is 171 cm³/mol. The number of likely N-dealkylation sites (tertiary alicyclic amines) is 1. The fourth-order valence-corrected chi connectivity index (χ4v) is 10.7. The molecule has 2 aromatic rings. The van der Waals surface area contributed by atoms with Crippen molar-refractivity contribution in [2.45, 2.75) is 88.4 Å². The number of benzene rings is 2. The summed E-state index contributed by atoms with van der Waals surface area (Å²) in [6.07, 6.45) is 2.69. The van der Waals surface area contributed by atoms with Crippen LogP contribution in [0.4, 0.5) is 21.2 Å². The number of rotatable bonds is 8. The number of aliphatic hydroxyl groups excluding tert-OH is 1. The van der Waals surface area contributed by atoms with Crippen LogP contribution in [0.25, 0.3) is 0 Å². The number of ether oxygens (including phenoxy) is 1. The zero-order chi connectivity index (χ0) is 33.0. The molecule has 0 saturated carbocycles. The van der Waals surface area contributed by atoms with E-state index >= 15 is 4.11 Å². The molecule has 246 valence electrons. The van der Waals surface area contributed by atoms with Crippen LogP contribution in [0.2, 0.25) is 18.6 Å². The van der Waals surface area contributed by atoms with Gasteiger partial charge < -0.3 is 28.7 Å². The largest absolute Gasteiger partial charge is 0.394 e. The number of aliphatic hydroxyl groups is 1. The van der Waals surface area contributed by atoms with Gasteiger partial charge in [-0.2, -0.15) is 0 Å². The average Bonchev–Trinajstić information content (AvgIpc) is 3.68. The molecule has 1 N–H and O–H groups in total. The van der Waals surface area contributed by atoms with Gasteiger partial charge in [-0.1, -0.05) is 19.1 Å². The monoisotopic (exact) mass is 652 g/mol. The van der Waals surface area contributed by atoms with Gasteiger partial charge in [0.25, 0.3) is 11.6 Å². The van der Waals surface area contributed by atoms with Crippen molar-refractivity contribution in [2.75, 3.05) is 29.5 Å². The number of carbonyl (C=O) groups is 3. The van der Waals surface area contributed by atoms with E-state index < -0.39 is 42.4 Å². The number of non-ortho nitro benzene ring substituents is 1. The minimum absolute atomic E-state index is 0.0806. The number of amides is 3. The van der Waals surface area contributed by atoms with E-state index in [1.165, 1.54) is 17.0 Å². The third-order valence-electron chi connectivity index (χ3n) is 10.4. The second kappa shape index (κ2) is 12.2. The van der Waals surface area contributed by atoms with Gasteiger partial charge in [-0.3, -0.25) is 24.5 Å². The minimum atomic E-state index is -3.57. The number of piperidine rings is 1. The second-order valence-corrected chi connectivity index (χ2v) is 17.4. The van der Waals surface area contributed by atoms with Crippen LogP contribution in [0, 0.1) is 16.0 Å². The topological polar surface area (TPSA) is 134 Å². The zero-order valence-electron chi connectivity index (χ0n) is 26.5. The Kier molecular flexibility index (Phi) is 8.53. The first-order valence-electron chi connectivity index (χ1n) is 16.1. The van der Waals surface area contributed by atoms with E-state index in [0.717, 1.165) is 30.5 Å². The van der Waals surface area contributed by atoms with Crippen LogP contribution < -0.4 is 9.80 Å². The lowest BCUT2D eigenvalue weighted by Crippen LogP contribution is -2.45. The predicted octanol–water partition coefficient (Wildman–Crippen LogP) is 4.81. The summed E-state index contributed by atoms with van der Waals surface area (Å²) in [5, 5.41) is 21.7. The molecule has 2 aromatic carbocycles. The normalized spacial score (nSPS) is 28.0. The fraction of sp³-hybridized carbons (Fsp3) is 0.545. The third kappa shape index (κ3) is 5.41. The molecule has 0 unspecified atom stereocenters. The summed E-state index contributed by atoms with van der Waals surface area (Å²) in [7, 11) is -3.57. The van der Waals surface area contributed by atoms with Crippen molar-refractivity contribution < 1.29 is 33.3 Å². The lowest BCUT2D eigenvalue weighted by molar-refractivity contribution is -0.385. The molecule has 11 nitrogen and oxygen atoms in total. The Bertz CT molecular complexity index is 1550. The molecular formula is C33H41FN4O7Si. The molecule has 4 aliphatic rings. The van der Waals surface area contributed by atoms with Gasteiger partial charge in [0.1, 0.15) is 0 Å². The molecule has 4 heterocycles. The number of nitrogens with zero attached hydrogens (tertiary/aromatic N) is 4. The first-order valence-corrected chi connectivity index (χ1v) is 19.1. The van der Waals surface area contributed by atoms with Crippen molar-refractivity contribution in [3.05, 3.63) is 63.7 Å². The van der Waals surface area contributed by atoms with Gasteiger partial charge in [-0.05, 0) is 62.5 Å². The number of carbonyl (C=O) groups excluding carboxylic acids is 3. The number of hydrogen-bond acceptors (Lipinski definition) is 7. The first kappa shape index (κ1) is 32.3. The van der Waals surface area contributed by atoms with Crippen molar-refractivity contribution in [3.8, 4) is 0 Å². The Hall–Kier alpha value is -3.68. The smallest absolute Gasteiger partial charge is 0.269 e. The van der Waals surface area contributed by atoms with Crippen LogP contribution in [0.15, 0.2) is 42.5 Å². The van der Waals surface area contributed by atoms with Gasteiger partial charge in [0.15, 0.2) is 5.60 Å². The van der Waals surface area contributed by atoms with Crippen LogP contribution in [0.3, 0.4) is 0 Å². The molecule has 6 rings (SSSR count). The standard InChI is InChI=1S/C33H41FN4O7Si/c1-21-31(46(2,3)34)28(18-30(41)36-16-6-7-25(36)20-39)45-33(21)26-17-24(38(43)44)13-14-27(26)37(32(33)42)19-22-9-11-23(12-10-22)35-15-5-4-8-29(35)40/h9-14,17,21,25,28,31,39H,4-8,15-16,18-20H2,1-3H3/t21-,25-,28+,31-,33+/m0/s1. The van der Waals surface area contributed by atoms with E-state index in [-0.39, 0.29) is 43.1 Å². The average molecular weight is 653 g/mol. The maximum atomic E-state index is 16.2. The van der Waals surface area contributed by atoms with Gasteiger partial charge in [0, 0.05) is 54.4 Å². The second-order valence-electron chi connectivity index (χ2n) is 13.6. The van der Waals surface area contributed by atoms with Crippen LogP contribution in [-0.4, -0.2) is 72.9 Å². The summed E-state index contributed by atoms with van der Waals surface area (Å²) in [4.78, 5) is 56.9. The molecule has 0 bridgehead atoms. The Morgan fingerprint density at radius 2 is 1.87 bits per heavy atom. The number of nitro benzene ring substituents is 1.